The van der Waals surface area contributed by atoms with Crippen LogP contribution in [0.5, 0.6) is 5.75 Å². The molecule has 3 aromatic carbocycles. The molecule has 1 saturated heterocycles. The first-order valence-corrected chi connectivity index (χ1v) is 10.9. The van der Waals surface area contributed by atoms with Gasteiger partial charge in [0.15, 0.2) is 0 Å². The average Bonchev–Trinajstić information content (AvgIpc) is 3.28. The second-order valence-corrected chi connectivity index (χ2v) is 8.42. The molecule has 4 rings (SSSR count). The van der Waals surface area contributed by atoms with Gasteiger partial charge < -0.3 is 15.0 Å². The van der Waals surface area contributed by atoms with Crippen molar-refractivity contribution in [2.45, 2.75) is 12.8 Å². The van der Waals surface area contributed by atoms with Crippen LogP contribution in [0.4, 0.5) is 4.39 Å². The summed E-state index contributed by atoms with van der Waals surface area (Å²) >= 11 is 0. The lowest BCUT2D eigenvalue weighted by molar-refractivity contribution is -0.129. The first-order valence-electron chi connectivity index (χ1n) is 10.9. The molecule has 0 spiro atoms. The molecule has 1 N–H and O–H groups in total. The Kier molecular flexibility index (Phi) is 6.45. The fourth-order valence-corrected chi connectivity index (χ4v) is 4.60. The van der Waals surface area contributed by atoms with Crippen molar-refractivity contribution in [2.75, 3.05) is 27.2 Å². The van der Waals surface area contributed by atoms with E-state index in [9.17, 15) is 14.0 Å². The van der Waals surface area contributed by atoms with Gasteiger partial charge in [0.1, 0.15) is 11.6 Å². The van der Waals surface area contributed by atoms with Crippen molar-refractivity contribution < 1.29 is 18.7 Å². The molecule has 0 saturated carbocycles. The van der Waals surface area contributed by atoms with Crippen LogP contribution in [0.2, 0.25) is 0 Å². The van der Waals surface area contributed by atoms with Crippen molar-refractivity contribution in [2.24, 2.45) is 5.41 Å². The highest BCUT2D eigenvalue weighted by atomic mass is 19.1. The Balaban J connectivity index is 1.55. The van der Waals surface area contributed by atoms with Crippen molar-refractivity contribution in [3.63, 3.8) is 0 Å². The normalized spacial score (nSPS) is 17.6. The van der Waals surface area contributed by atoms with Gasteiger partial charge in [0, 0.05) is 31.3 Å². The maximum Gasteiger partial charge on any atom is 0.253 e. The number of hydrogen-bond acceptors (Lipinski definition) is 3. The molecule has 0 bridgehead atoms. The first kappa shape index (κ1) is 22.5. The van der Waals surface area contributed by atoms with Crippen LogP contribution in [0.3, 0.4) is 0 Å². The number of methoxy groups -OCH3 is 1. The van der Waals surface area contributed by atoms with Crippen LogP contribution in [-0.4, -0.2) is 44.0 Å². The topological polar surface area (TPSA) is 58.6 Å². The molecule has 1 fully saturated rings. The molecule has 6 heteroatoms. The maximum absolute atomic E-state index is 13.6. The molecule has 170 valence electrons. The molecule has 2 amide bonds. The largest absolute Gasteiger partial charge is 0.496 e. The van der Waals surface area contributed by atoms with E-state index in [4.69, 9.17) is 4.74 Å². The first-order chi connectivity index (χ1) is 16.0. The third kappa shape index (κ3) is 4.60. The maximum atomic E-state index is 13.6. The summed E-state index contributed by atoms with van der Waals surface area (Å²) in [4.78, 5) is 27.5. The van der Waals surface area contributed by atoms with Crippen molar-refractivity contribution in [3.05, 3.63) is 89.7 Å². The summed E-state index contributed by atoms with van der Waals surface area (Å²) in [5, 5.41) is 2.78. The standard InChI is InChI=1S/C27H27FN2O3/c1-29-26(32)27(14-15-30(18-27)25(31)21-6-5-7-22(28)16-21)17-19-10-12-20(13-11-19)23-8-3-4-9-24(23)33-2/h3-13,16H,14-15,17-18H2,1-2H3,(H,29,32)/t27-/m1/s1. The highest BCUT2D eigenvalue weighted by Crippen LogP contribution is 2.36. The number of hydrogen-bond donors (Lipinski definition) is 1. The second kappa shape index (κ2) is 9.45. The Morgan fingerprint density at radius 1 is 1.06 bits per heavy atom. The molecule has 3 aromatic rings. The highest BCUT2D eigenvalue weighted by molar-refractivity contribution is 5.95. The average molecular weight is 447 g/mol. The molecule has 0 unspecified atom stereocenters. The summed E-state index contributed by atoms with van der Waals surface area (Å²) in [6.45, 7) is 0.734. The van der Waals surface area contributed by atoms with Crippen LogP contribution in [0.15, 0.2) is 72.8 Å². The number of amides is 2. The summed E-state index contributed by atoms with van der Waals surface area (Å²) < 4.78 is 19.1. The molecule has 1 atom stereocenters. The van der Waals surface area contributed by atoms with E-state index in [2.05, 4.69) is 5.32 Å². The van der Waals surface area contributed by atoms with Gasteiger partial charge in [-0.2, -0.15) is 0 Å². The van der Waals surface area contributed by atoms with Crippen molar-refractivity contribution in [3.8, 4) is 16.9 Å². The lowest BCUT2D eigenvalue weighted by atomic mass is 9.79. The lowest BCUT2D eigenvalue weighted by Crippen LogP contribution is -2.44. The summed E-state index contributed by atoms with van der Waals surface area (Å²) in [5.41, 5.74) is 2.60. The zero-order chi connectivity index (χ0) is 23.4. The summed E-state index contributed by atoms with van der Waals surface area (Å²) in [6.07, 6.45) is 1.05. The number of carbonyl (C=O) groups excluding carboxylic acids is 2. The van der Waals surface area contributed by atoms with E-state index in [1.807, 2.05) is 48.5 Å². The highest BCUT2D eigenvalue weighted by Gasteiger charge is 2.45. The van der Waals surface area contributed by atoms with E-state index in [0.717, 1.165) is 22.4 Å². The molecule has 1 heterocycles. The van der Waals surface area contributed by atoms with Crippen LogP contribution in [0.25, 0.3) is 11.1 Å². The molecule has 0 aliphatic carbocycles. The second-order valence-electron chi connectivity index (χ2n) is 8.42. The number of halogens is 1. The predicted molar refractivity (Wildman–Crippen MR) is 126 cm³/mol. The zero-order valence-electron chi connectivity index (χ0n) is 18.8. The fourth-order valence-electron chi connectivity index (χ4n) is 4.60. The molecule has 33 heavy (non-hydrogen) atoms. The number of rotatable bonds is 6. The van der Waals surface area contributed by atoms with E-state index in [1.165, 1.54) is 18.2 Å². The van der Waals surface area contributed by atoms with Gasteiger partial charge in [-0.1, -0.05) is 48.5 Å². The predicted octanol–water partition coefficient (Wildman–Crippen LogP) is 4.32. The number of para-hydroxylation sites is 1. The summed E-state index contributed by atoms with van der Waals surface area (Å²) in [5.74, 6) is -0.000212. The van der Waals surface area contributed by atoms with Gasteiger partial charge in [0.05, 0.1) is 12.5 Å². The van der Waals surface area contributed by atoms with Crippen molar-refractivity contribution >= 4 is 11.8 Å². The van der Waals surface area contributed by atoms with E-state index >= 15 is 0 Å². The van der Waals surface area contributed by atoms with Crippen LogP contribution in [0, 0.1) is 11.2 Å². The van der Waals surface area contributed by atoms with E-state index in [0.29, 0.717) is 24.9 Å². The Hall–Kier alpha value is -3.67. The van der Waals surface area contributed by atoms with Crippen molar-refractivity contribution in [1.82, 2.24) is 10.2 Å². The minimum atomic E-state index is -0.732. The third-order valence-electron chi connectivity index (χ3n) is 6.34. The smallest absolute Gasteiger partial charge is 0.253 e. The van der Waals surface area contributed by atoms with E-state index < -0.39 is 11.2 Å². The monoisotopic (exact) mass is 446 g/mol. The molecule has 0 aromatic heterocycles. The Morgan fingerprint density at radius 2 is 1.82 bits per heavy atom. The van der Waals surface area contributed by atoms with E-state index in [-0.39, 0.29) is 18.4 Å². The third-order valence-corrected chi connectivity index (χ3v) is 6.34. The molecule has 5 nitrogen and oxygen atoms in total. The number of likely N-dealkylation sites (tertiary alicyclic amines) is 1. The van der Waals surface area contributed by atoms with Crippen LogP contribution in [0.1, 0.15) is 22.3 Å². The fraction of sp³-hybridized carbons (Fsp3) is 0.259. The summed E-state index contributed by atoms with van der Waals surface area (Å²) in [7, 11) is 3.27. The SMILES string of the molecule is CNC(=O)[C@@]1(Cc2ccc(-c3ccccc3OC)cc2)CCN(C(=O)c2cccc(F)c2)C1. The molecule has 0 radical (unpaired) electrons. The number of nitrogens with zero attached hydrogens (tertiary/aromatic N) is 1. The van der Waals surface area contributed by atoms with Gasteiger partial charge in [0.25, 0.3) is 5.91 Å². The number of nitrogens with one attached hydrogen (secondary N) is 1. The van der Waals surface area contributed by atoms with Crippen LogP contribution in [-0.2, 0) is 11.2 Å². The molecular weight excluding hydrogens is 419 g/mol. The minimum absolute atomic E-state index is 0.0918. The molecule has 1 aliphatic heterocycles. The Labute approximate surface area is 193 Å². The molecule has 1 aliphatic rings. The van der Waals surface area contributed by atoms with Gasteiger partial charge in [0.2, 0.25) is 5.91 Å². The van der Waals surface area contributed by atoms with Gasteiger partial charge in [-0.05, 0) is 48.2 Å². The van der Waals surface area contributed by atoms with Crippen LogP contribution >= 0.6 is 0 Å². The van der Waals surface area contributed by atoms with Crippen LogP contribution < -0.4 is 10.1 Å². The van der Waals surface area contributed by atoms with Crippen molar-refractivity contribution in [1.29, 1.82) is 0 Å². The van der Waals surface area contributed by atoms with Gasteiger partial charge in [-0.3, -0.25) is 9.59 Å². The Morgan fingerprint density at radius 3 is 2.52 bits per heavy atom. The Bertz CT molecular complexity index is 1160. The van der Waals surface area contributed by atoms with E-state index in [1.54, 1.807) is 25.1 Å². The lowest BCUT2D eigenvalue weighted by Gasteiger charge is -2.28. The number of benzene rings is 3. The van der Waals surface area contributed by atoms with Gasteiger partial charge >= 0.3 is 0 Å². The summed E-state index contributed by atoms with van der Waals surface area (Å²) in [6, 6.07) is 21.6. The zero-order valence-corrected chi connectivity index (χ0v) is 18.8. The van der Waals surface area contributed by atoms with Gasteiger partial charge in [-0.25, -0.2) is 4.39 Å². The minimum Gasteiger partial charge on any atom is -0.496 e. The molecular formula is C27H27FN2O3. The quantitative estimate of drug-likeness (QED) is 0.614. The number of carbonyl (C=O) groups is 2. The number of ether oxygens (including phenoxy) is 1. The van der Waals surface area contributed by atoms with Gasteiger partial charge in [-0.15, -0.1) is 0 Å².